The zero-order valence-corrected chi connectivity index (χ0v) is 8.93. The van der Waals surface area contributed by atoms with E-state index in [-0.39, 0.29) is 24.8 Å². The van der Waals surface area contributed by atoms with E-state index in [2.05, 4.69) is 0 Å². The third kappa shape index (κ3) is 2.28. The van der Waals surface area contributed by atoms with E-state index in [1.54, 1.807) is 0 Å². The molecule has 1 saturated heterocycles. The second-order valence-corrected chi connectivity index (χ2v) is 4.03. The minimum atomic E-state index is -0.546. The van der Waals surface area contributed by atoms with E-state index in [4.69, 9.17) is 5.73 Å². The summed E-state index contributed by atoms with van der Waals surface area (Å²) in [5.74, 6) is -0.0382. The Morgan fingerprint density at radius 3 is 2.50 bits per heavy atom. The van der Waals surface area contributed by atoms with Crippen LogP contribution in [0.3, 0.4) is 0 Å². The van der Waals surface area contributed by atoms with Crippen molar-refractivity contribution in [3.8, 4) is 0 Å². The molecule has 1 heterocycles. The molecular weight excluding hydrogens is 204 g/mol. The highest BCUT2D eigenvalue weighted by atomic mass is 16.2. The third-order valence-electron chi connectivity index (χ3n) is 2.66. The fourth-order valence-electron chi connectivity index (χ4n) is 1.73. The summed E-state index contributed by atoms with van der Waals surface area (Å²) in [4.78, 5) is 24.0. The van der Waals surface area contributed by atoms with Crippen LogP contribution in [-0.4, -0.2) is 35.7 Å². The van der Waals surface area contributed by atoms with Gasteiger partial charge in [0.2, 0.25) is 5.91 Å². The molecule has 2 N–H and O–H groups in total. The van der Waals surface area contributed by atoms with Gasteiger partial charge in [0.05, 0.1) is 19.1 Å². The van der Waals surface area contributed by atoms with Crippen LogP contribution in [0.15, 0.2) is 30.3 Å². The number of hydrogen-bond donors (Lipinski definition) is 1. The van der Waals surface area contributed by atoms with Crippen LogP contribution in [-0.2, 0) is 16.0 Å². The maximum absolute atomic E-state index is 11.7. The Kier molecular flexibility index (Phi) is 3.01. The maximum atomic E-state index is 11.7. The summed E-state index contributed by atoms with van der Waals surface area (Å²) in [6, 6.07) is 9.09. The molecule has 4 heteroatoms. The summed E-state index contributed by atoms with van der Waals surface area (Å²) < 4.78 is 0. The first-order chi connectivity index (χ1) is 7.66. The number of hydrogen-bond acceptors (Lipinski definition) is 3. The van der Waals surface area contributed by atoms with Crippen molar-refractivity contribution in [3.05, 3.63) is 35.9 Å². The van der Waals surface area contributed by atoms with Crippen LogP contribution in [0.1, 0.15) is 5.56 Å². The van der Waals surface area contributed by atoms with Gasteiger partial charge in [-0.25, -0.2) is 0 Å². The Morgan fingerprint density at radius 2 is 1.94 bits per heavy atom. The summed E-state index contributed by atoms with van der Waals surface area (Å²) in [5.41, 5.74) is 6.84. The lowest BCUT2D eigenvalue weighted by atomic mass is 10.0. The Labute approximate surface area is 94.0 Å². The summed E-state index contributed by atoms with van der Waals surface area (Å²) in [7, 11) is 0. The molecule has 0 unspecified atom stereocenters. The second kappa shape index (κ2) is 4.45. The van der Waals surface area contributed by atoms with Gasteiger partial charge in [0, 0.05) is 0 Å². The Bertz CT molecular complexity index is 395. The molecule has 1 aliphatic rings. The number of nitrogens with two attached hydrogens (primary N) is 1. The van der Waals surface area contributed by atoms with Gasteiger partial charge < -0.3 is 10.6 Å². The van der Waals surface area contributed by atoms with E-state index in [1.807, 2.05) is 30.3 Å². The van der Waals surface area contributed by atoms with Crippen LogP contribution in [0.5, 0.6) is 0 Å². The molecule has 0 spiro atoms. The average molecular weight is 218 g/mol. The van der Waals surface area contributed by atoms with Gasteiger partial charge >= 0.3 is 0 Å². The minimum absolute atomic E-state index is 0.0975. The molecule has 1 aromatic carbocycles. The first-order valence-corrected chi connectivity index (χ1v) is 5.27. The third-order valence-corrected chi connectivity index (χ3v) is 2.66. The van der Waals surface area contributed by atoms with Crippen molar-refractivity contribution < 1.29 is 9.59 Å². The van der Waals surface area contributed by atoms with Gasteiger partial charge in [-0.3, -0.25) is 9.59 Å². The lowest BCUT2D eigenvalue weighted by Crippen LogP contribution is -2.56. The van der Waals surface area contributed by atoms with Crippen LogP contribution in [0.2, 0.25) is 0 Å². The highest BCUT2D eigenvalue weighted by Gasteiger charge is 2.31. The molecule has 0 aromatic heterocycles. The zero-order valence-electron chi connectivity index (χ0n) is 8.93. The van der Waals surface area contributed by atoms with Crippen molar-refractivity contribution in [3.63, 3.8) is 0 Å². The Balaban J connectivity index is 1.91. The van der Waals surface area contributed by atoms with Gasteiger partial charge in [-0.2, -0.15) is 0 Å². The minimum Gasteiger partial charge on any atom is -0.327 e. The van der Waals surface area contributed by atoms with E-state index in [1.165, 1.54) is 4.90 Å². The second-order valence-electron chi connectivity index (χ2n) is 4.03. The van der Waals surface area contributed by atoms with E-state index in [0.717, 1.165) is 5.56 Å². The van der Waals surface area contributed by atoms with Crippen molar-refractivity contribution in [2.24, 2.45) is 5.73 Å². The number of benzene rings is 1. The van der Waals surface area contributed by atoms with Gasteiger partial charge in [0.1, 0.15) is 0 Å². The number of Topliss-reactive ketones (excluding diaryl/α,β-unsaturated/α-hetero) is 1. The molecule has 0 aliphatic carbocycles. The predicted molar refractivity (Wildman–Crippen MR) is 59.7 cm³/mol. The summed E-state index contributed by atoms with van der Waals surface area (Å²) in [6.45, 7) is 0.447. The monoisotopic (exact) mass is 218 g/mol. The molecule has 1 amide bonds. The maximum Gasteiger partial charge on any atom is 0.240 e. The summed E-state index contributed by atoms with van der Waals surface area (Å²) >= 11 is 0. The number of ketones is 1. The molecule has 1 atom stereocenters. The molecule has 84 valence electrons. The highest BCUT2D eigenvalue weighted by molar-refractivity contribution is 5.97. The van der Waals surface area contributed by atoms with E-state index < -0.39 is 6.04 Å². The van der Waals surface area contributed by atoms with Crippen LogP contribution in [0, 0.1) is 0 Å². The first-order valence-electron chi connectivity index (χ1n) is 5.27. The quantitative estimate of drug-likeness (QED) is 0.774. The normalized spacial score (nSPS) is 16.8. The molecule has 4 nitrogen and oxygen atoms in total. The smallest absolute Gasteiger partial charge is 0.240 e. The number of likely N-dealkylation sites (tertiary alicyclic amines) is 1. The molecule has 0 radical (unpaired) electrons. The van der Waals surface area contributed by atoms with Crippen molar-refractivity contribution >= 4 is 11.7 Å². The van der Waals surface area contributed by atoms with Gasteiger partial charge in [0.15, 0.2) is 5.78 Å². The molecule has 0 saturated carbocycles. The van der Waals surface area contributed by atoms with Crippen LogP contribution >= 0.6 is 0 Å². The first kappa shape index (κ1) is 10.8. The van der Waals surface area contributed by atoms with E-state index in [0.29, 0.717) is 6.42 Å². The topological polar surface area (TPSA) is 63.4 Å². The lowest BCUT2D eigenvalue weighted by molar-refractivity contribution is -0.145. The Hall–Kier alpha value is -1.68. The average Bonchev–Trinajstić information content (AvgIpc) is 2.25. The van der Waals surface area contributed by atoms with Crippen molar-refractivity contribution in [2.45, 2.75) is 12.5 Å². The number of carbonyl (C=O) groups is 2. The lowest BCUT2D eigenvalue weighted by Gasteiger charge is -2.31. The number of amides is 1. The van der Waals surface area contributed by atoms with Crippen LogP contribution in [0.4, 0.5) is 0 Å². The molecule has 1 fully saturated rings. The SMILES string of the molecule is N[C@@H](Cc1ccccc1)C(=O)N1CC(=O)C1. The van der Waals surface area contributed by atoms with E-state index in [9.17, 15) is 9.59 Å². The van der Waals surface area contributed by atoms with Crippen LogP contribution < -0.4 is 5.73 Å². The van der Waals surface area contributed by atoms with Crippen molar-refractivity contribution in [1.29, 1.82) is 0 Å². The predicted octanol–water partition coefficient (Wildman–Crippen LogP) is -0.0323. The van der Waals surface area contributed by atoms with Gasteiger partial charge in [0.25, 0.3) is 0 Å². The fourth-order valence-corrected chi connectivity index (χ4v) is 1.73. The number of carbonyl (C=O) groups excluding carboxylic acids is 2. The molecule has 1 aromatic rings. The standard InChI is InChI=1S/C12H14N2O2/c13-11(6-9-4-2-1-3-5-9)12(16)14-7-10(15)8-14/h1-5,11H,6-8,13H2/t11-/m0/s1. The zero-order chi connectivity index (χ0) is 11.5. The molecule has 16 heavy (non-hydrogen) atoms. The van der Waals surface area contributed by atoms with Crippen molar-refractivity contribution in [1.82, 2.24) is 4.90 Å². The van der Waals surface area contributed by atoms with Crippen LogP contribution in [0.25, 0.3) is 0 Å². The highest BCUT2D eigenvalue weighted by Crippen LogP contribution is 2.08. The van der Waals surface area contributed by atoms with Crippen molar-refractivity contribution in [2.75, 3.05) is 13.1 Å². The number of nitrogens with zero attached hydrogens (tertiary/aromatic N) is 1. The Morgan fingerprint density at radius 1 is 1.31 bits per heavy atom. The molecule has 1 aliphatic heterocycles. The molecule has 0 bridgehead atoms. The summed E-state index contributed by atoms with van der Waals surface area (Å²) in [6.07, 6.45) is 0.518. The van der Waals surface area contributed by atoms with Gasteiger partial charge in [-0.1, -0.05) is 30.3 Å². The van der Waals surface area contributed by atoms with Gasteiger partial charge in [-0.05, 0) is 12.0 Å². The molecular formula is C12H14N2O2. The van der Waals surface area contributed by atoms with E-state index >= 15 is 0 Å². The summed E-state index contributed by atoms with van der Waals surface area (Å²) in [5, 5.41) is 0. The molecule has 2 rings (SSSR count). The van der Waals surface area contributed by atoms with Gasteiger partial charge in [-0.15, -0.1) is 0 Å². The fraction of sp³-hybridized carbons (Fsp3) is 0.333. The number of rotatable bonds is 3. The largest absolute Gasteiger partial charge is 0.327 e.